The Morgan fingerprint density at radius 1 is 1.37 bits per heavy atom. The number of non-ortho nitro benzene ring substituents is 1. The van der Waals surface area contributed by atoms with E-state index >= 15 is 0 Å². The number of nitrogens with one attached hydrogen (secondary N) is 1. The van der Waals surface area contributed by atoms with Crippen LogP contribution < -0.4 is 5.32 Å². The third-order valence-corrected chi connectivity index (χ3v) is 3.12. The van der Waals surface area contributed by atoms with Crippen LogP contribution in [0.2, 0.25) is 0 Å². The van der Waals surface area contributed by atoms with E-state index in [1.807, 2.05) is 13.0 Å². The molecule has 1 aromatic rings. The van der Waals surface area contributed by atoms with Gasteiger partial charge in [-0.2, -0.15) is 0 Å². The minimum Gasteiger partial charge on any atom is -0.309 e. The monoisotopic (exact) mass is 265 g/mol. The van der Waals surface area contributed by atoms with Crippen LogP contribution in [0.25, 0.3) is 0 Å². The van der Waals surface area contributed by atoms with Gasteiger partial charge in [-0.05, 0) is 46.5 Å². The smallest absolute Gasteiger partial charge is 0.269 e. The van der Waals surface area contributed by atoms with Gasteiger partial charge in [-0.1, -0.05) is 12.1 Å². The SMILES string of the molecule is CC(CCN(C)C)NC(C)c1cccc([N+](=O)[O-])c1. The van der Waals surface area contributed by atoms with Crippen molar-refractivity contribution in [1.82, 2.24) is 10.2 Å². The van der Waals surface area contributed by atoms with E-state index in [0.29, 0.717) is 6.04 Å². The molecule has 0 bridgehead atoms. The number of hydrogen-bond donors (Lipinski definition) is 1. The number of nitrogens with zero attached hydrogens (tertiary/aromatic N) is 2. The molecule has 0 aliphatic carbocycles. The Morgan fingerprint density at radius 3 is 2.63 bits per heavy atom. The fraction of sp³-hybridized carbons (Fsp3) is 0.571. The van der Waals surface area contributed by atoms with Crippen molar-refractivity contribution >= 4 is 5.69 Å². The summed E-state index contributed by atoms with van der Waals surface area (Å²) in [5.74, 6) is 0. The number of nitro groups is 1. The molecule has 19 heavy (non-hydrogen) atoms. The van der Waals surface area contributed by atoms with Crippen LogP contribution in [0.4, 0.5) is 5.69 Å². The molecular weight excluding hydrogens is 242 g/mol. The summed E-state index contributed by atoms with van der Waals surface area (Å²) in [4.78, 5) is 12.5. The predicted molar refractivity (Wildman–Crippen MR) is 77.3 cm³/mol. The Morgan fingerprint density at radius 2 is 2.05 bits per heavy atom. The lowest BCUT2D eigenvalue weighted by Gasteiger charge is -2.21. The molecule has 5 nitrogen and oxygen atoms in total. The van der Waals surface area contributed by atoms with Crippen molar-refractivity contribution in [3.05, 3.63) is 39.9 Å². The van der Waals surface area contributed by atoms with Crippen LogP contribution in [0, 0.1) is 10.1 Å². The highest BCUT2D eigenvalue weighted by Gasteiger charge is 2.13. The maximum atomic E-state index is 10.8. The molecule has 106 valence electrons. The van der Waals surface area contributed by atoms with Crippen molar-refractivity contribution in [3.8, 4) is 0 Å². The lowest BCUT2D eigenvalue weighted by molar-refractivity contribution is -0.384. The predicted octanol–water partition coefficient (Wildman–Crippen LogP) is 2.59. The van der Waals surface area contributed by atoms with Crippen molar-refractivity contribution < 1.29 is 4.92 Å². The van der Waals surface area contributed by atoms with Crippen LogP contribution in [0.5, 0.6) is 0 Å². The summed E-state index contributed by atoms with van der Waals surface area (Å²) in [5.41, 5.74) is 1.10. The summed E-state index contributed by atoms with van der Waals surface area (Å²) in [5, 5.41) is 14.2. The quantitative estimate of drug-likeness (QED) is 0.608. The van der Waals surface area contributed by atoms with Crippen molar-refractivity contribution in [3.63, 3.8) is 0 Å². The van der Waals surface area contributed by atoms with Crippen LogP contribution in [-0.2, 0) is 0 Å². The summed E-state index contributed by atoms with van der Waals surface area (Å²) in [6.45, 7) is 5.19. The second-order valence-corrected chi connectivity index (χ2v) is 5.23. The minimum atomic E-state index is -0.355. The summed E-state index contributed by atoms with van der Waals surface area (Å²) in [7, 11) is 4.10. The molecule has 1 aromatic carbocycles. The van der Waals surface area contributed by atoms with E-state index in [1.165, 1.54) is 6.07 Å². The zero-order valence-corrected chi connectivity index (χ0v) is 12.1. The zero-order valence-electron chi connectivity index (χ0n) is 12.1. The first-order valence-corrected chi connectivity index (χ1v) is 6.55. The van der Waals surface area contributed by atoms with Crippen LogP contribution >= 0.6 is 0 Å². The van der Waals surface area contributed by atoms with E-state index < -0.39 is 0 Å². The maximum Gasteiger partial charge on any atom is 0.269 e. The van der Waals surface area contributed by atoms with Gasteiger partial charge in [-0.25, -0.2) is 0 Å². The van der Waals surface area contributed by atoms with Crippen LogP contribution in [0.1, 0.15) is 31.9 Å². The molecule has 0 fully saturated rings. The van der Waals surface area contributed by atoms with Gasteiger partial charge in [0.05, 0.1) is 4.92 Å². The topological polar surface area (TPSA) is 58.4 Å². The Labute approximate surface area is 114 Å². The summed E-state index contributed by atoms with van der Waals surface area (Å²) in [6.07, 6.45) is 1.05. The Bertz CT molecular complexity index is 421. The zero-order chi connectivity index (χ0) is 14.4. The number of benzene rings is 1. The first-order valence-electron chi connectivity index (χ1n) is 6.55. The normalized spacial score (nSPS) is 14.4. The van der Waals surface area contributed by atoms with Gasteiger partial charge in [0, 0.05) is 24.2 Å². The molecule has 1 N–H and O–H groups in total. The lowest BCUT2D eigenvalue weighted by Crippen LogP contribution is -2.31. The molecule has 0 amide bonds. The first kappa shape index (κ1) is 15.6. The Hall–Kier alpha value is -1.46. The number of nitro benzene ring substituents is 1. The van der Waals surface area contributed by atoms with Crippen molar-refractivity contribution in [2.45, 2.75) is 32.4 Å². The van der Waals surface area contributed by atoms with Crippen LogP contribution in [0.3, 0.4) is 0 Å². The Kier molecular flexibility index (Phi) is 5.92. The van der Waals surface area contributed by atoms with Gasteiger partial charge in [-0.3, -0.25) is 10.1 Å². The average molecular weight is 265 g/mol. The van der Waals surface area contributed by atoms with Crippen molar-refractivity contribution in [1.29, 1.82) is 0 Å². The van der Waals surface area contributed by atoms with E-state index in [2.05, 4.69) is 31.2 Å². The van der Waals surface area contributed by atoms with Crippen LogP contribution in [0.15, 0.2) is 24.3 Å². The van der Waals surface area contributed by atoms with Gasteiger partial charge in [0.25, 0.3) is 5.69 Å². The summed E-state index contributed by atoms with van der Waals surface area (Å²) < 4.78 is 0. The molecule has 0 aromatic heterocycles. The van der Waals surface area contributed by atoms with Gasteiger partial charge in [0.15, 0.2) is 0 Å². The maximum absolute atomic E-state index is 10.8. The number of hydrogen-bond acceptors (Lipinski definition) is 4. The third-order valence-electron chi connectivity index (χ3n) is 3.12. The lowest BCUT2D eigenvalue weighted by atomic mass is 10.1. The van der Waals surface area contributed by atoms with E-state index in [4.69, 9.17) is 0 Å². The molecule has 2 atom stereocenters. The fourth-order valence-corrected chi connectivity index (χ4v) is 1.97. The standard InChI is InChI=1S/C14H23N3O2/c1-11(8-9-16(3)4)15-12(2)13-6-5-7-14(10-13)17(18)19/h5-7,10-12,15H,8-9H2,1-4H3. The van der Waals surface area contributed by atoms with E-state index in [-0.39, 0.29) is 16.7 Å². The average Bonchev–Trinajstić information content (AvgIpc) is 2.36. The van der Waals surface area contributed by atoms with Crippen molar-refractivity contribution in [2.75, 3.05) is 20.6 Å². The highest BCUT2D eigenvalue weighted by atomic mass is 16.6. The van der Waals surface area contributed by atoms with Crippen molar-refractivity contribution in [2.24, 2.45) is 0 Å². The molecule has 2 unspecified atom stereocenters. The molecule has 1 rings (SSSR count). The molecule has 0 saturated carbocycles. The minimum absolute atomic E-state index is 0.108. The fourth-order valence-electron chi connectivity index (χ4n) is 1.97. The largest absolute Gasteiger partial charge is 0.309 e. The molecule has 0 aliphatic heterocycles. The second-order valence-electron chi connectivity index (χ2n) is 5.23. The molecule has 0 heterocycles. The Balaban J connectivity index is 2.59. The molecule has 0 radical (unpaired) electrons. The summed E-state index contributed by atoms with van der Waals surface area (Å²) in [6, 6.07) is 7.29. The van der Waals surface area contributed by atoms with Gasteiger partial charge in [0.1, 0.15) is 0 Å². The van der Waals surface area contributed by atoms with E-state index in [1.54, 1.807) is 12.1 Å². The van der Waals surface area contributed by atoms with Gasteiger partial charge < -0.3 is 10.2 Å². The van der Waals surface area contributed by atoms with Gasteiger partial charge in [0.2, 0.25) is 0 Å². The highest BCUT2D eigenvalue weighted by Crippen LogP contribution is 2.19. The van der Waals surface area contributed by atoms with Gasteiger partial charge >= 0.3 is 0 Å². The molecule has 0 saturated heterocycles. The van der Waals surface area contributed by atoms with E-state index in [0.717, 1.165) is 18.5 Å². The van der Waals surface area contributed by atoms with Gasteiger partial charge in [-0.15, -0.1) is 0 Å². The third kappa shape index (κ3) is 5.36. The number of rotatable bonds is 7. The summed E-state index contributed by atoms with van der Waals surface area (Å²) >= 11 is 0. The highest BCUT2D eigenvalue weighted by molar-refractivity contribution is 5.35. The van der Waals surface area contributed by atoms with Crippen LogP contribution in [-0.4, -0.2) is 36.5 Å². The molecule has 0 aliphatic rings. The second kappa shape index (κ2) is 7.21. The molecule has 5 heteroatoms. The first-order chi connectivity index (χ1) is 8.90. The molecule has 0 spiro atoms. The van der Waals surface area contributed by atoms with E-state index in [9.17, 15) is 10.1 Å². The molecular formula is C14H23N3O2.